The highest BCUT2D eigenvalue weighted by molar-refractivity contribution is 5.93. The van der Waals surface area contributed by atoms with Gasteiger partial charge >= 0.3 is 6.18 Å². The molecule has 1 heterocycles. The number of methoxy groups -OCH3 is 1. The smallest absolute Gasteiger partial charge is 0.422 e. The van der Waals surface area contributed by atoms with E-state index in [9.17, 15) is 23.1 Å². The lowest BCUT2D eigenvalue weighted by atomic mass is 10.1. The minimum absolute atomic E-state index is 0.0594. The lowest BCUT2D eigenvalue weighted by molar-refractivity contribution is -0.153. The minimum Gasteiger partial charge on any atom is -0.493 e. The molecule has 3 aromatic rings. The molecule has 2 aromatic carbocycles. The van der Waals surface area contributed by atoms with Gasteiger partial charge in [-0.25, -0.2) is 9.97 Å². The van der Waals surface area contributed by atoms with Crippen LogP contribution in [-0.4, -0.2) is 65.2 Å². The number of hydrogen-bond donors (Lipinski definition) is 4. The van der Waals surface area contributed by atoms with Crippen LogP contribution in [0.25, 0.3) is 17.0 Å². The van der Waals surface area contributed by atoms with Crippen molar-refractivity contribution < 1.29 is 37.7 Å². The van der Waals surface area contributed by atoms with Crippen LogP contribution in [-0.2, 0) is 4.79 Å². The monoisotopic (exact) mass is 492 g/mol. The van der Waals surface area contributed by atoms with E-state index in [0.717, 1.165) is 5.56 Å². The first-order valence-electron chi connectivity index (χ1n) is 10.3. The molecule has 0 radical (unpaired) electrons. The number of alkyl halides is 3. The highest BCUT2D eigenvalue weighted by Crippen LogP contribution is 2.35. The van der Waals surface area contributed by atoms with E-state index in [-0.39, 0.29) is 18.0 Å². The second kappa shape index (κ2) is 11.5. The van der Waals surface area contributed by atoms with Crippen LogP contribution in [0.1, 0.15) is 5.56 Å². The number of nitrogens with zero attached hydrogens (tertiary/aromatic N) is 2. The van der Waals surface area contributed by atoms with Gasteiger partial charge in [0.25, 0.3) is 0 Å². The number of aromatic nitrogens is 2. The first-order valence-corrected chi connectivity index (χ1v) is 10.3. The van der Waals surface area contributed by atoms with E-state index < -0.39 is 31.4 Å². The van der Waals surface area contributed by atoms with E-state index in [2.05, 4.69) is 20.6 Å². The van der Waals surface area contributed by atoms with Crippen molar-refractivity contribution in [2.75, 3.05) is 32.2 Å². The Kier molecular flexibility index (Phi) is 8.44. The summed E-state index contributed by atoms with van der Waals surface area (Å²) in [7, 11) is 1.32. The van der Waals surface area contributed by atoms with Gasteiger partial charge in [-0.1, -0.05) is 12.1 Å². The van der Waals surface area contributed by atoms with Crippen LogP contribution in [0, 0.1) is 0 Å². The fraction of sp³-hybridized carbons (Fsp3) is 0.261. The van der Waals surface area contributed by atoms with Crippen molar-refractivity contribution in [2.45, 2.75) is 12.3 Å². The lowest BCUT2D eigenvalue weighted by Crippen LogP contribution is -2.32. The predicted molar refractivity (Wildman–Crippen MR) is 123 cm³/mol. The Bertz CT molecular complexity index is 1190. The number of nitrogens with one attached hydrogen (secondary N) is 2. The van der Waals surface area contributed by atoms with Crippen molar-refractivity contribution in [2.24, 2.45) is 0 Å². The Hall–Kier alpha value is -3.90. The molecule has 12 heteroatoms. The van der Waals surface area contributed by atoms with Gasteiger partial charge in [0.15, 0.2) is 18.1 Å². The van der Waals surface area contributed by atoms with E-state index in [0.29, 0.717) is 22.4 Å². The molecule has 35 heavy (non-hydrogen) atoms. The average Bonchev–Trinajstić information content (AvgIpc) is 2.84. The van der Waals surface area contributed by atoms with Gasteiger partial charge in [0.2, 0.25) is 5.91 Å². The quantitative estimate of drug-likeness (QED) is 0.319. The number of hydrogen-bond acceptors (Lipinski definition) is 8. The van der Waals surface area contributed by atoms with Gasteiger partial charge in [-0.15, -0.1) is 0 Å². The maximum absolute atomic E-state index is 12.5. The Morgan fingerprint density at radius 2 is 1.91 bits per heavy atom. The number of carbonyl (C=O) groups excluding carboxylic acids is 1. The summed E-state index contributed by atoms with van der Waals surface area (Å²) in [5.74, 6) is -0.00152. The van der Waals surface area contributed by atoms with Gasteiger partial charge < -0.3 is 30.3 Å². The summed E-state index contributed by atoms with van der Waals surface area (Å²) in [5, 5.41) is 24.1. The minimum atomic E-state index is -4.49. The molecular weight excluding hydrogens is 469 g/mol. The van der Waals surface area contributed by atoms with Crippen molar-refractivity contribution in [3.8, 4) is 11.5 Å². The number of benzene rings is 2. The van der Waals surface area contributed by atoms with Crippen LogP contribution in [0.2, 0.25) is 0 Å². The van der Waals surface area contributed by atoms with Gasteiger partial charge in [-0.05, 0) is 29.8 Å². The number of aliphatic hydroxyl groups is 2. The summed E-state index contributed by atoms with van der Waals surface area (Å²) in [4.78, 5) is 20.1. The van der Waals surface area contributed by atoms with E-state index in [4.69, 9.17) is 14.6 Å². The first kappa shape index (κ1) is 25.7. The molecule has 9 nitrogen and oxygen atoms in total. The molecule has 0 fully saturated rings. The molecule has 0 saturated heterocycles. The van der Waals surface area contributed by atoms with Crippen LogP contribution >= 0.6 is 0 Å². The van der Waals surface area contributed by atoms with E-state index in [1.165, 1.54) is 31.6 Å². The van der Waals surface area contributed by atoms with Crippen molar-refractivity contribution in [1.82, 2.24) is 15.3 Å². The molecule has 1 atom stereocenters. The molecule has 1 unspecified atom stereocenters. The van der Waals surface area contributed by atoms with Gasteiger partial charge in [0.1, 0.15) is 12.1 Å². The van der Waals surface area contributed by atoms with E-state index in [1.807, 2.05) is 0 Å². The normalized spacial score (nSPS) is 12.5. The summed E-state index contributed by atoms with van der Waals surface area (Å²) in [5.41, 5.74) is 1.75. The van der Waals surface area contributed by atoms with Gasteiger partial charge in [0, 0.05) is 29.8 Å². The highest BCUT2D eigenvalue weighted by Gasteiger charge is 2.29. The third-order valence-corrected chi connectivity index (χ3v) is 4.64. The van der Waals surface area contributed by atoms with E-state index >= 15 is 0 Å². The Morgan fingerprint density at radius 1 is 1.17 bits per heavy atom. The van der Waals surface area contributed by atoms with Gasteiger partial charge in [-0.2, -0.15) is 13.2 Å². The maximum atomic E-state index is 12.5. The Labute approximate surface area is 198 Å². The van der Waals surface area contributed by atoms with Crippen molar-refractivity contribution in [1.29, 1.82) is 0 Å². The summed E-state index contributed by atoms with van der Waals surface area (Å²) < 4.78 is 47.7. The Morgan fingerprint density at radius 3 is 2.57 bits per heavy atom. The average molecular weight is 492 g/mol. The number of rotatable bonds is 10. The zero-order valence-electron chi connectivity index (χ0n) is 18.5. The molecule has 0 saturated carbocycles. The van der Waals surface area contributed by atoms with Crippen molar-refractivity contribution in [3.05, 3.63) is 54.4 Å². The Balaban J connectivity index is 1.73. The SMILES string of the molecule is COc1cc2c(Nc3ccc(/C=C/C(=O)NCC(O)CO)cc3)ncnc2cc1OCC(F)(F)F. The van der Waals surface area contributed by atoms with Gasteiger partial charge in [0.05, 0.1) is 25.3 Å². The molecule has 1 aromatic heterocycles. The fourth-order valence-electron chi connectivity index (χ4n) is 2.92. The standard InChI is InChI=1S/C23H23F3N4O5/c1-34-19-8-17-18(9-20(19)35-12-23(24,25)26)28-13-29-22(17)30-15-5-2-14(3-6-15)4-7-21(33)27-10-16(32)11-31/h2-9,13,16,31-32H,10-12H2,1H3,(H,27,33)(H,28,29,30)/b7-4+. The molecule has 3 rings (SSSR count). The second-order valence-corrected chi connectivity index (χ2v) is 7.31. The highest BCUT2D eigenvalue weighted by atomic mass is 19.4. The van der Waals surface area contributed by atoms with Crippen LogP contribution in [0.3, 0.4) is 0 Å². The number of fused-ring (bicyclic) bond motifs is 1. The van der Waals surface area contributed by atoms with Crippen molar-refractivity contribution >= 4 is 34.4 Å². The molecule has 0 bridgehead atoms. The second-order valence-electron chi connectivity index (χ2n) is 7.31. The molecular formula is C23H23F3N4O5. The largest absolute Gasteiger partial charge is 0.493 e. The number of anilines is 2. The van der Waals surface area contributed by atoms with Crippen LogP contribution in [0.5, 0.6) is 11.5 Å². The number of halogens is 3. The number of amides is 1. The third-order valence-electron chi connectivity index (χ3n) is 4.64. The zero-order valence-corrected chi connectivity index (χ0v) is 18.5. The van der Waals surface area contributed by atoms with Crippen LogP contribution in [0.4, 0.5) is 24.7 Å². The summed E-state index contributed by atoms with van der Waals surface area (Å²) in [6.07, 6.45) is -1.36. The molecule has 0 aliphatic heterocycles. The summed E-state index contributed by atoms with van der Waals surface area (Å²) >= 11 is 0. The van der Waals surface area contributed by atoms with Gasteiger partial charge in [-0.3, -0.25) is 4.79 Å². The number of aliphatic hydroxyl groups excluding tert-OH is 2. The first-order chi connectivity index (χ1) is 16.7. The molecule has 4 N–H and O–H groups in total. The van der Waals surface area contributed by atoms with Crippen molar-refractivity contribution in [3.63, 3.8) is 0 Å². The molecule has 0 spiro atoms. The maximum Gasteiger partial charge on any atom is 0.422 e. The topological polar surface area (TPSA) is 126 Å². The fourth-order valence-corrected chi connectivity index (χ4v) is 2.92. The summed E-state index contributed by atoms with van der Waals surface area (Å²) in [6.45, 7) is -1.96. The molecule has 1 amide bonds. The van der Waals surface area contributed by atoms with Crippen LogP contribution in [0.15, 0.2) is 48.8 Å². The number of carbonyl (C=O) groups is 1. The predicted octanol–water partition coefficient (Wildman–Crippen LogP) is 2.81. The zero-order chi connectivity index (χ0) is 25.4. The molecule has 0 aliphatic carbocycles. The third kappa shape index (κ3) is 7.55. The lowest BCUT2D eigenvalue weighted by Gasteiger charge is -2.14. The van der Waals surface area contributed by atoms with E-state index in [1.54, 1.807) is 30.3 Å². The summed E-state index contributed by atoms with van der Waals surface area (Å²) in [6, 6.07) is 9.85. The molecule has 186 valence electrons. The molecule has 0 aliphatic rings. The number of ether oxygens (including phenoxy) is 2. The van der Waals surface area contributed by atoms with Crippen LogP contribution < -0.4 is 20.1 Å².